The van der Waals surface area contributed by atoms with Crippen molar-refractivity contribution in [2.24, 2.45) is 0 Å². The minimum atomic E-state index is -0.661. The summed E-state index contributed by atoms with van der Waals surface area (Å²) in [6, 6.07) is 15.5. The van der Waals surface area contributed by atoms with Crippen LogP contribution in [0.4, 0.5) is 11.4 Å². The fourth-order valence-electron chi connectivity index (χ4n) is 2.96. The fourth-order valence-corrected chi connectivity index (χ4v) is 2.96. The molecule has 0 aliphatic heterocycles. The van der Waals surface area contributed by atoms with Crippen molar-refractivity contribution >= 4 is 29.3 Å². The van der Waals surface area contributed by atoms with Crippen LogP contribution in [0.5, 0.6) is 0 Å². The first-order chi connectivity index (χ1) is 15.8. The number of nitro benzene ring substituents is 1. The van der Waals surface area contributed by atoms with Crippen molar-refractivity contribution < 1.29 is 23.7 Å². The lowest BCUT2D eigenvalue weighted by molar-refractivity contribution is -0.384. The van der Waals surface area contributed by atoms with Gasteiger partial charge >= 0.3 is 5.97 Å². The lowest BCUT2D eigenvalue weighted by atomic mass is 10.1. The highest BCUT2D eigenvalue weighted by atomic mass is 16.6. The molecular weight excluding hydrogens is 426 g/mol. The number of non-ortho nitro benzene ring substituents is 1. The van der Waals surface area contributed by atoms with Gasteiger partial charge in [0.25, 0.3) is 11.6 Å². The van der Waals surface area contributed by atoms with E-state index in [0.717, 1.165) is 5.56 Å². The van der Waals surface area contributed by atoms with Crippen LogP contribution in [0.15, 0.2) is 64.6 Å². The molecule has 1 amide bonds. The molecule has 2 aromatic carbocycles. The van der Waals surface area contributed by atoms with Gasteiger partial charge in [0.1, 0.15) is 23.2 Å². The quantitative estimate of drug-likeness (QED) is 0.180. The molecule has 0 aliphatic rings. The molecular formula is C24H19N3O6. The highest BCUT2D eigenvalue weighted by Gasteiger charge is 2.15. The summed E-state index contributed by atoms with van der Waals surface area (Å²) in [5.74, 6) is -0.526. The summed E-state index contributed by atoms with van der Waals surface area (Å²) in [5, 5.41) is 23.1. The van der Waals surface area contributed by atoms with E-state index in [-0.39, 0.29) is 23.6 Å². The number of furan rings is 1. The Labute approximate surface area is 189 Å². The third-order valence-electron chi connectivity index (χ3n) is 4.63. The number of hydrogen-bond donors (Lipinski definition) is 1. The van der Waals surface area contributed by atoms with E-state index in [1.807, 2.05) is 6.07 Å². The lowest BCUT2D eigenvalue weighted by Crippen LogP contribution is -2.13. The highest BCUT2D eigenvalue weighted by Crippen LogP contribution is 2.29. The van der Waals surface area contributed by atoms with Gasteiger partial charge < -0.3 is 14.5 Å². The van der Waals surface area contributed by atoms with E-state index in [4.69, 9.17) is 9.15 Å². The lowest BCUT2D eigenvalue weighted by Gasteiger charge is -2.06. The molecule has 1 aromatic heterocycles. The Morgan fingerprint density at radius 3 is 2.55 bits per heavy atom. The number of aryl methyl sites for hydroxylation is 1. The number of amides is 1. The largest absolute Gasteiger partial charge is 0.462 e. The van der Waals surface area contributed by atoms with Crippen LogP contribution in [0.1, 0.15) is 28.6 Å². The number of carbonyl (C=O) groups is 2. The number of esters is 1. The van der Waals surface area contributed by atoms with Gasteiger partial charge in [-0.25, -0.2) is 4.79 Å². The van der Waals surface area contributed by atoms with Gasteiger partial charge in [0, 0.05) is 29.5 Å². The second kappa shape index (κ2) is 10.1. The first kappa shape index (κ1) is 23.0. The number of anilines is 1. The number of carbonyl (C=O) groups excluding carboxylic acids is 2. The second-order valence-corrected chi connectivity index (χ2v) is 6.88. The first-order valence-electron chi connectivity index (χ1n) is 9.88. The molecule has 0 saturated carbocycles. The van der Waals surface area contributed by atoms with Crippen molar-refractivity contribution in [3.8, 4) is 17.4 Å². The van der Waals surface area contributed by atoms with E-state index < -0.39 is 16.8 Å². The maximum atomic E-state index is 12.5. The zero-order chi connectivity index (χ0) is 24.0. The average molecular weight is 445 g/mol. The zero-order valence-corrected chi connectivity index (χ0v) is 17.8. The van der Waals surface area contributed by atoms with E-state index in [1.54, 1.807) is 32.0 Å². The van der Waals surface area contributed by atoms with Crippen LogP contribution >= 0.6 is 0 Å². The molecule has 166 valence electrons. The average Bonchev–Trinajstić information content (AvgIpc) is 3.26. The number of nitriles is 1. The van der Waals surface area contributed by atoms with Crippen LogP contribution in [0.25, 0.3) is 17.4 Å². The molecule has 9 nitrogen and oxygen atoms in total. The maximum absolute atomic E-state index is 12.5. The second-order valence-electron chi connectivity index (χ2n) is 6.88. The van der Waals surface area contributed by atoms with E-state index in [2.05, 4.69) is 5.32 Å². The number of benzene rings is 2. The Morgan fingerprint density at radius 1 is 1.18 bits per heavy atom. The van der Waals surface area contributed by atoms with Crippen molar-refractivity contribution in [1.29, 1.82) is 5.26 Å². The van der Waals surface area contributed by atoms with E-state index in [0.29, 0.717) is 22.6 Å². The van der Waals surface area contributed by atoms with Crippen molar-refractivity contribution in [3.05, 3.63) is 87.2 Å². The first-order valence-corrected chi connectivity index (χ1v) is 9.88. The molecule has 0 spiro atoms. The number of hydrogen-bond acceptors (Lipinski definition) is 7. The SMILES string of the molecule is CCOC(=O)c1ccc(NC(=O)/C(C#N)=C/c2ccc(-c3cc([N+](=O)[O-])ccc3C)o2)cc1. The van der Waals surface area contributed by atoms with Gasteiger partial charge in [0.2, 0.25) is 0 Å². The third-order valence-corrected chi connectivity index (χ3v) is 4.63. The Hall–Kier alpha value is -4.71. The molecule has 9 heteroatoms. The van der Waals surface area contributed by atoms with Crippen LogP contribution in [0.2, 0.25) is 0 Å². The number of rotatable bonds is 7. The number of nitrogens with zero attached hydrogens (tertiary/aromatic N) is 2. The molecule has 3 rings (SSSR count). The zero-order valence-electron chi connectivity index (χ0n) is 17.8. The molecule has 0 unspecified atom stereocenters. The van der Waals surface area contributed by atoms with E-state index in [9.17, 15) is 25.0 Å². The monoisotopic (exact) mass is 445 g/mol. The van der Waals surface area contributed by atoms with Crippen molar-refractivity contribution in [2.45, 2.75) is 13.8 Å². The van der Waals surface area contributed by atoms with Gasteiger partial charge in [0.05, 0.1) is 17.1 Å². The molecule has 0 atom stereocenters. The summed E-state index contributed by atoms with van der Waals surface area (Å²) in [5.41, 5.74) is 1.76. The molecule has 3 aromatic rings. The van der Waals surface area contributed by atoms with Crippen LogP contribution < -0.4 is 5.32 Å². The summed E-state index contributed by atoms with van der Waals surface area (Å²) in [6.45, 7) is 3.75. The Kier molecular flexibility index (Phi) is 7.00. The summed E-state index contributed by atoms with van der Waals surface area (Å²) in [6.07, 6.45) is 1.28. The van der Waals surface area contributed by atoms with Gasteiger partial charge in [-0.15, -0.1) is 0 Å². The molecule has 1 heterocycles. The van der Waals surface area contributed by atoms with Gasteiger partial charge in [-0.1, -0.05) is 6.07 Å². The minimum absolute atomic E-state index is 0.0739. The van der Waals surface area contributed by atoms with Crippen LogP contribution in [0.3, 0.4) is 0 Å². The van der Waals surface area contributed by atoms with E-state index >= 15 is 0 Å². The predicted molar refractivity (Wildman–Crippen MR) is 120 cm³/mol. The molecule has 1 N–H and O–H groups in total. The normalized spacial score (nSPS) is 10.9. The Morgan fingerprint density at radius 2 is 1.91 bits per heavy atom. The molecule has 33 heavy (non-hydrogen) atoms. The standard InChI is InChI=1S/C24H19N3O6/c1-3-32-24(29)16-5-7-18(8-6-16)26-23(28)17(14-25)12-20-10-11-22(33-20)21-13-19(27(30)31)9-4-15(21)2/h4-13H,3H2,1-2H3,(H,26,28)/b17-12+. The smallest absolute Gasteiger partial charge is 0.338 e. The molecule has 0 fully saturated rings. The summed E-state index contributed by atoms with van der Waals surface area (Å²) in [4.78, 5) is 34.8. The predicted octanol–water partition coefficient (Wildman–Crippen LogP) is 4.89. The highest BCUT2D eigenvalue weighted by molar-refractivity contribution is 6.09. The van der Waals surface area contributed by atoms with Gasteiger partial charge in [-0.3, -0.25) is 14.9 Å². The minimum Gasteiger partial charge on any atom is -0.462 e. The van der Waals surface area contributed by atoms with Crippen LogP contribution in [-0.2, 0) is 9.53 Å². The van der Waals surface area contributed by atoms with Gasteiger partial charge in [-0.2, -0.15) is 5.26 Å². The van der Waals surface area contributed by atoms with Crippen LogP contribution in [-0.4, -0.2) is 23.4 Å². The van der Waals surface area contributed by atoms with Crippen molar-refractivity contribution in [2.75, 3.05) is 11.9 Å². The topological polar surface area (TPSA) is 135 Å². The summed E-state index contributed by atoms with van der Waals surface area (Å²) >= 11 is 0. The molecule has 0 radical (unpaired) electrons. The number of nitro groups is 1. The molecule has 0 bridgehead atoms. The summed E-state index contributed by atoms with van der Waals surface area (Å²) < 4.78 is 10.6. The van der Waals surface area contributed by atoms with Crippen LogP contribution in [0, 0.1) is 28.4 Å². The maximum Gasteiger partial charge on any atom is 0.338 e. The molecule has 0 saturated heterocycles. The van der Waals surface area contributed by atoms with Gasteiger partial charge in [0.15, 0.2) is 0 Å². The van der Waals surface area contributed by atoms with Gasteiger partial charge in [-0.05, 0) is 55.8 Å². The fraction of sp³-hybridized carbons (Fsp3) is 0.125. The molecule has 0 aliphatic carbocycles. The van der Waals surface area contributed by atoms with Crippen molar-refractivity contribution in [1.82, 2.24) is 0 Å². The van der Waals surface area contributed by atoms with E-state index in [1.165, 1.54) is 42.5 Å². The Bertz CT molecular complexity index is 1280. The van der Waals surface area contributed by atoms with Crippen molar-refractivity contribution in [3.63, 3.8) is 0 Å². The summed E-state index contributed by atoms with van der Waals surface area (Å²) in [7, 11) is 0. The third kappa shape index (κ3) is 5.51. The number of ether oxygens (including phenoxy) is 1. The Balaban J connectivity index is 1.78. The number of nitrogens with one attached hydrogen (secondary N) is 1.